The van der Waals surface area contributed by atoms with Gasteiger partial charge in [0.2, 0.25) is 0 Å². The number of nitrogens with two attached hydrogens (primary N) is 1. The van der Waals surface area contributed by atoms with Gasteiger partial charge in [-0.2, -0.15) is 0 Å². The van der Waals surface area contributed by atoms with Gasteiger partial charge in [0, 0.05) is 30.3 Å². The molecule has 1 atom stereocenters. The first-order chi connectivity index (χ1) is 14.6. The third kappa shape index (κ3) is 3.22. The van der Waals surface area contributed by atoms with Gasteiger partial charge in [-0.15, -0.1) is 6.58 Å². The van der Waals surface area contributed by atoms with E-state index in [0.29, 0.717) is 5.82 Å². The highest BCUT2D eigenvalue weighted by atomic mass is 16.5. The summed E-state index contributed by atoms with van der Waals surface area (Å²) < 4.78 is 8.17. The summed E-state index contributed by atoms with van der Waals surface area (Å²) in [7, 11) is 0. The van der Waals surface area contributed by atoms with Crippen LogP contribution in [-0.2, 0) is 0 Å². The van der Waals surface area contributed by atoms with Crippen molar-refractivity contribution in [3.63, 3.8) is 0 Å². The molecule has 0 radical (unpaired) electrons. The number of allylic oxidation sites excluding steroid dienone is 4. The maximum absolute atomic E-state index is 6.27. The number of nitrogens with zero attached hydrogens (tertiary/aromatic N) is 3. The van der Waals surface area contributed by atoms with Crippen LogP contribution >= 0.6 is 0 Å². The largest absolute Gasteiger partial charge is 0.479 e. The van der Waals surface area contributed by atoms with Gasteiger partial charge < -0.3 is 10.5 Å². The molecule has 2 heterocycles. The zero-order valence-corrected chi connectivity index (χ0v) is 17.0. The van der Waals surface area contributed by atoms with Crippen LogP contribution in [0.5, 0.6) is 5.75 Å². The molecule has 1 unspecified atom stereocenters. The second kappa shape index (κ2) is 7.02. The predicted octanol–water partition coefficient (Wildman–Crippen LogP) is 5.23. The molecule has 5 nitrogen and oxygen atoms in total. The fourth-order valence-electron chi connectivity index (χ4n) is 3.93. The molecule has 5 heteroatoms. The van der Waals surface area contributed by atoms with Crippen molar-refractivity contribution in [1.82, 2.24) is 14.4 Å². The van der Waals surface area contributed by atoms with E-state index in [0.717, 1.165) is 41.2 Å². The average molecular weight is 396 g/mol. The van der Waals surface area contributed by atoms with Gasteiger partial charge in [-0.3, -0.25) is 4.40 Å². The quantitative estimate of drug-likeness (QED) is 0.579. The van der Waals surface area contributed by atoms with Gasteiger partial charge in [0.25, 0.3) is 0 Å². The summed E-state index contributed by atoms with van der Waals surface area (Å²) >= 11 is 0. The minimum absolute atomic E-state index is 0.207. The Kier molecular flexibility index (Phi) is 4.31. The fraction of sp³-hybridized carbons (Fsp3) is 0.200. The summed E-state index contributed by atoms with van der Waals surface area (Å²) in [6, 6.07) is 8.01. The van der Waals surface area contributed by atoms with Crippen molar-refractivity contribution < 1.29 is 4.74 Å². The number of rotatable bonds is 6. The Hall–Kier alpha value is -3.60. The minimum atomic E-state index is -0.301. The van der Waals surface area contributed by atoms with Crippen LogP contribution in [0.3, 0.4) is 0 Å². The van der Waals surface area contributed by atoms with Crippen molar-refractivity contribution >= 4 is 11.3 Å². The number of imidazole rings is 1. The second-order valence-corrected chi connectivity index (χ2v) is 7.91. The first-order valence-corrected chi connectivity index (χ1v) is 10.2. The molecule has 2 aliphatic rings. The van der Waals surface area contributed by atoms with E-state index in [1.54, 1.807) is 6.20 Å². The van der Waals surface area contributed by atoms with Gasteiger partial charge >= 0.3 is 0 Å². The van der Waals surface area contributed by atoms with Gasteiger partial charge in [-0.25, -0.2) is 9.97 Å². The molecule has 150 valence electrons. The fourth-order valence-corrected chi connectivity index (χ4v) is 3.93. The number of aromatic nitrogens is 3. The Morgan fingerprint density at radius 3 is 2.77 bits per heavy atom. The van der Waals surface area contributed by atoms with Crippen molar-refractivity contribution in [1.29, 1.82) is 0 Å². The van der Waals surface area contributed by atoms with Gasteiger partial charge in [0.05, 0.1) is 0 Å². The number of benzene rings is 1. The molecular weight excluding hydrogens is 372 g/mol. The van der Waals surface area contributed by atoms with E-state index in [2.05, 4.69) is 53.3 Å². The third-order valence-corrected chi connectivity index (χ3v) is 5.66. The van der Waals surface area contributed by atoms with Gasteiger partial charge in [0.15, 0.2) is 0 Å². The molecule has 3 aromatic rings. The average Bonchev–Trinajstić information content (AvgIpc) is 3.38. The molecule has 0 saturated heterocycles. The topological polar surface area (TPSA) is 65.4 Å². The maximum Gasteiger partial charge on any atom is 0.150 e. The smallest absolute Gasteiger partial charge is 0.150 e. The highest BCUT2D eigenvalue weighted by molar-refractivity contribution is 5.85. The molecule has 0 fully saturated rings. The van der Waals surface area contributed by atoms with Crippen LogP contribution in [0.1, 0.15) is 31.5 Å². The summed E-state index contributed by atoms with van der Waals surface area (Å²) in [5.74, 6) is 2.47. The Bertz CT molecular complexity index is 1210. The van der Waals surface area contributed by atoms with Crippen molar-refractivity contribution in [2.24, 2.45) is 0 Å². The summed E-state index contributed by atoms with van der Waals surface area (Å²) in [5, 5.41) is 0. The highest BCUT2D eigenvalue weighted by Gasteiger charge is 2.35. The molecule has 1 aromatic carbocycles. The molecular formula is C25H24N4O. The lowest BCUT2D eigenvalue weighted by Gasteiger charge is -2.17. The molecule has 5 rings (SSSR count). The van der Waals surface area contributed by atoms with Gasteiger partial charge in [-0.1, -0.05) is 29.9 Å². The second-order valence-electron chi connectivity index (χ2n) is 7.91. The van der Waals surface area contributed by atoms with Crippen LogP contribution in [0.15, 0.2) is 85.3 Å². The first kappa shape index (κ1) is 18.4. The number of hydrogen-bond acceptors (Lipinski definition) is 4. The van der Waals surface area contributed by atoms with Crippen LogP contribution < -0.4 is 10.5 Å². The normalized spacial score (nSPS) is 19.0. The van der Waals surface area contributed by atoms with Crippen molar-refractivity contribution in [3.8, 4) is 17.0 Å². The number of anilines is 1. The molecule has 0 aliphatic heterocycles. The van der Waals surface area contributed by atoms with Crippen LogP contribution in [0.25, 0.3) is 16.8 Å². The predicted molar refractivity (Wildman–Crippen MR) is 120 cm³/mol. The van der Waals surface area contributed by atoms with Crippen molar-refractivity contribution in [2.45, 2.75) is 31.3 Å². The van der Waals surface area contributed by atoms with Crippen LogP contribution in [0.2, 0.25) is 0 Å². The van der Waals surface area contributed by atoms with E-state index in [1.807, 2.05) is 36.5 Å². The molecule has 2 aromatic heterocycles. The monoisotopic (exact) mass is 396 g/mol. The third-order valence-electron chi connectivity index (χ3n) is 5.66. The zero-order chi connectivity index (χ0) is 20.7. The highest BCUT2D eigenvalue weighted by Crippen LogP contribution is 2.37. The van der Waals surface area contributed by atoms with Gasteiger partial charge in [-0.05, 0) is 49.8 Å². The van der Waals surface area contributed by atoms with E-state index in [9.17, 15) is 0 Å². The van der Waals surface area contributed by atoms with Crippen molar-refractivity contribution in [3.05, 3.63) is 91.1 Å². The Labute approximate surface area is 175 Å². The van der Waals surface area contributed by atoms with E-state index >= 15 is 0 Å². The summed E-state index contributed by atoms with van der Waals surface area (Å²) in [6.45, 7) is 5.92. The minimum Gasteiger partial charge on any atom is -0.479 e. The summed E-state index contributed by atoms with van der Waals surface area (Å²) in [4.78, 5) is 9.31. The number of ether oxygens (including phenoxy) is 1. The van der Waals surface area contributed by atoms with Crippen LogP contribution in [0, 0.1) is 0 Å². The molecule has 30 heavy (non-hydrogen) atoms. The molecule has 0 saturated carbocycles. The number of hydrogen-bond donors (Lipinski definition) is 1. The number of fused-ring (bicyclic) bond motifs is 1. The number of nitrogen functional groups attached to an aromatic ring is 1. The van der Waals surface area contributed by atoms with E-state index in [-0.39, 0.29) is 11.5 Å². The van der Waals surface area contributed by atoms with Crippen LogP contribution in [0.4, 0.5) is 5.82 Å². The van der Waals surface area contributed by atoms with Crippen molar-refractivity contribution in [2.75, 3.05) is 5.73 Å². The molecule has 2 N–H and O–H groups in total. The molecule has 0 bridgehead atoms. The Morgan fingerprint density at radius 2 is 2.10 bits per heavy atom. The lowest BCUT2D eigenvalue weighted by molar-refractivity contribution is 0.210. The lowest BCUT2D eigenvalue weighted by Crippen LogP contribution is -2.18. The van der Waals surface area contributed by atoms with E-state index in [4.69, 9.17) is 15.5 Å². The standard InChI is InChI=1S/C25H24N4O/c1-3-12-25(13-14-25)30-20-10-8-18(9-11-20)21-22-23(26)27-15-16-29(22)24(28-21)19-6-4-17(2)5-7-19/h3-6,8-11,13-16,19H,1,7,12H2,2H3,(H2,26,27). The summed E-state index contributed by atoms with van der Waals surface area (Å²) in [5.41, 5.74) is 9.92. The first-order valence-electron chi connectivity index (χ1n) is 10.2. The lowest BCUT2D eigenvalue weighted by atomic mass is 9.97. The zero-order valence-electron chi connectivity index (χ0n) is 17.0. The maximum atomic E-state index is 6.27. The van der Waals surface area contributed by atoms with Crippen LogP contribution in [-0.4, -0.2) is 20.0 Å². The van der Waals surface area contributed by atoms with E-state index < -0.39 is 0 Å². The summed E-state index contributed by atoms with van der Waals surface area (Å²) in [6.07, 6.45) is 17.9. The Morgan fingerprint density at radius 1 is 1.30 bits per heavy atom. The van der Waals surface area contributed by atoms with E-state index in [1.165, 1.54) is 5.57 Å². The SMILES string of the molecule is C=CCC1(Oc2ccc(-c3nc(C4C=CC(C)=CC4)n4ccnc(N)c34)cc2)C=C1. The molecule has 0 amide bonds. The molecule has 2 aliphatic carbocycles. The Balaban J connectivity index is 1.51. The van der Waals surface area contributed by atoms with Gasteiger partial charge in [0.1, 0.15) is 34.2 Å². The molecule has 0 spiro atoms.